The summed E-state index contributed by atoms with van der Waals surface area (Å²) < 4.78 is 46.9. The van der Waals surface area contributed by atoms with Gasteiger partial charge in [-0.25, -0.2) is 18.2 Å². The van der Waals surface area contributed by atoms with Crippen LogP contribution in [0.4, 0.5) is 18.9 Å². The number of hydrogen-bond donors (Lipinski definition) is 1. The second-order valence-electron chi connectivity index (χ2n) is 6.83. The van der Waals surface area contributed by atoms with E-state index in [4.69, 9.17) is 16.3 Å². The maximum Gasteiger partial charge on any atom is 0.262 e. The molecule has 0 fully saturated rings. The summed E-state index contributed by atoms with van der Waals surface area (Å²) in [5.41, 5.74) is -0.422. The fourth-order valence-electron chi connectivity index (χ4n) is 2.90. The van der Waals surface area contributed by atoms with Crippen molar-refractivity contribution in [2.75, 3.05) is 19.0 Å². The first-order valence-corrected chi connectivity index (χ1v) is 10.8. The van der Waals surface area contributed by atoms with Crippen molar-refractivity contribution >= 4 is 45.9 Å². The molecule has 0 saturated carbocycles. The number of benzene rings is 2. The van der Waals surface area contributed by atoms with Gasteiger partial charge in [-0.2, -0.15) is 0 Å². The summed E-state index contributed by atoms with van der Waals surface area (Å²) in [5, 5.41) is 2.42. The number of thioether (sulfide) groups is 1. The van der Waals surface area contributed by atoms with Gasteiger partial charge in [-0.1, -0.05) is 23.4 Å². The molecule has 1 aromatic heterocycles. The average molecular weight is 486 g/mol. The Morgan fingerprint density at radius 1 is 1.25 bits per heavy atom. The highest BCUT2D eigenvalue weighted by Crippen LogP contribution is 2.26. The van der Waals surface area contributed by atoms with E-state index in [9.17, 15) is 22.8 Å². The van der Waals surface area contributed by atoms with Crippen LogP contribution in [0.2, 0.25) is 5.02 Å². The SMILES string of the molecule is COCCCn1c(SC(C)C(=O)Nc2ccc(F)c(F)c2F)nc2cc(Cl)ccc2c1=O. The van der Waals surface area contributed by atoms with Crippen molar-refractivity contribution in [3.8, 4) is 0 Å². The van der Waals surface area contributed by atoms with Crippen molar-refractivity contribution in [1.29, 1.82) is 0 Å². The molecule has 0 aliphatic rings. The first-order valence-electron chi connectivity index (χ1n) is 9.53. The minimum absolute atomic E-state index is 0.259. The number of rotatable bonds is 8. The average Bonchev–Trinajstić information content (AvgIpc) is 2.76. The van der Waals surface area contributed by atoms with Gasteiger partial charge in [-0.15, -0.1) is 0 Å². The van der Waals surface area contributed by atoms with Crippen LogP contribution in [-0.2, 0) is 16.1 Å². The molecule has 0 aliphatic carbocycles. The number of hydrogen-bond acceptors (Lipinski definition) is 5. The zero-order chi connectivity index (χ0) is 23.4. The highest BCUT2D eigenvalue weighted by atomic mass is 35.5. The summed E-state index contributed by atoms with van der Waals surface area (Å²) in [6, 6.07) is 6.36. The largest absolute Gasteiger partial charge is 0.385 e. The summed E-state index contributed by atoms with van der Waals surface area (Å²) in [5.74, 6) is -5.21. The summed E-state index contributed by atoms with van der Waals surface area (Å²) in [7, 11) is 1.54. The quantitative estimate of drug-likeness (QED) is 0.218. The van der Waals surface area contributed by atoms with Crippen LogP contribution < -0.4 is 10.9 Å². The maximum atomic E-state index is 13.9. The van der Waals surface area contributed by atoms with Crippen molar-refractivity contribution in [2.45, 2.75) is 30.3 Å². The Labute approximate surface area is 190 Å². The van der Waals surface area contributed by atoms with Gasteiger partial charge in [0, 0.05) is 25.3 Å². The Hall–Kier alpha value is -2.56. The van der Waals surface area contributed by atoms with Gasteiger partial charge < -0.3 is 10.1 Å². The molecule has 0 bridgehead atoms. The number of anilines is 1. The molecule has 1 N–H and O–H groups in total. The van der Waals surface area contributed by atoms with E-state index in [2.05, 4.69) is 10.3 Å². The fourth-order valence-corrected chi connectivity index (χ4v) is 4.00. The molecule has 11 heteroatoms. The predicted molar refractivity (Wildman–Crippen MR) is 118 cm³/mol. The zero-order valence-corrected chi connectivity index (χ0v) is 18.7. The molecule has 1 unspecified atom stereocenters. The summed E-state index contributed by atoms with van der Waals surface area (Å²) in [6.07, 6.45) is 0.533. The zero-order valence-electron chi connectivity index (χ0n) is 17.1. The number of fused-ring (bicyclic) bond motifs is 1. The molecular formula is C21H19ClF3N3O3S. The standard InChI is InChI=1S/C21H19ClF3N3O3S/c1-11(19(29)26-15-7-6-14(23)17(24)18(15)25)32-21-27-16-10-12(22)4-5-13(16)20(30)28(21)8-3-9-31-2/h4-7,10-11H,3,8-9H2,1-2H3,(H,26,29). The number of amides is 1. The van der Waals surface area contributed by atoms with E-state index >= 15 is 0 Å². The van der Waals surface area contributed by atoms with Gasteiger partial charge in [-0.3, -0.25) is 14.2 Å². The third kappa shape index (κ3) is 5.25. The molecular weight excluding hydrogens is 467 g/mol. The second-order valence-corrected chi connectivity index (χ2v) is 8.58. The lowest BCUT2D eigenvalue weighted by atomic mass is 10.2. The van der Waals surface area contributed by atoms with Crippen LogP contribution in [0.3, 0.4) is 0 Å². The molecule has 0 saturated heterocycles. The smallest absolute Gasteiger partial charge is 0.262 e. The number of carbonyl (C=O) groups excluding carboxylic acids is 1. The van der Waals surface area contributed by atoms with E-state index in [1.54, 1.807) is 25.3 Å². The molecule has 170 valence electrons. The number of aromatic nitrogens is 2. The normalized spacial score (nSPS) is 12.2. The molecule has 0 radical (unpaired) electrons. The molecule has 1 heterocycles. The number of methoxy groups -OCH3 is 1. The highest BCUT2D eigenvalue weighted by Gasteiger charge is 2.22. The number of carbonyl (C=O) groups is 1. The van der Waals surface area contributed by atoms with Crippen LogP contribution in [0.15, 0.2) is 40.3 Å². The van der Waals surface area contributed by atoms with E-state index < -0.39 is 34.3 Å². The Balaban J connectivity index is 1.90. The minimum atomic E-state index is -1.68. The van der Waals surface area contributed by atoms with Crippen molar-refractivity contribution in [3.63, 3.8) is 0 Å². The highest BCUT2D eigenvalue weighted by molar-refractivity contribution is 8.00. The van der Waals surface area contributed by atoms with Gasteiger partial charge in [0.2, 0.25) is 5.91 Å². The van der Waals surface area contributed by atoms with Crippen LogP contribution in [0.1, 0.15) is 13.3 Å². The van der Waals surface area contributed by atoms with E-state index in [1.165, 1.54) is 11.5 Å². The van der Waals surface area contributed by atoms with Gasteiger partial charge >= 0.3 is 0 Å². The van der Waals surface area contributed by atoms with Crippen molar-refractivity contribution in [1.82, 2.24) is 9.55 Å². The lowest BCUT2D eigenvalue weighted by molar-refractivity contribution is -0.115. The Kier molecular flexibility index (Phi) is 7.81. The fraction of sp³-hybridized carbons (Fsp3) is 0.286. The Morgan fingerprint density at radius 3 is 2.72 bits per heavy atom. The molecule has 3 aromatic rings. The third-order valence-corrected chi connectivity index (χ3v) is 5.88. The van der Waals surface area contributed by atoms with Gasteiger partial charge in [0.1, 0.15) is 0 Å². The number of nitrogens with one attached hydrogen (secondary N) is 1. The van der Waals surface area contributed by atoms with Crippen molar-refractivity contribution in [3.05, 3.63) is 63.2 Å². The molecule has 3 rings (SSSR count). The van der Waals surface area contributed by atoms with Gasteiger partial charge in [0.05, 0.1) is 21.8 Å². The lowest BCUT2D eigenvalue weighted by Crippen LogP contribution is -2.27. The molecule has 2 aromatic carbocycles. The Bertz CT molecular complexity index is 1220. The summed E-state index contributed by atoms with van der Waals surface area (Å²) in [4.78, 5) is 30.1. The first kappa shape index (κ1) is 24.1. The number of ether oxygens (including phenoxy) is 1. The van der Waals surface area contributed by atoms with Gasteiger partial charge in [0.15, 0.2) is 22.6 Å². The van der Waals surface area contributed by atoms with Crippen LogP contribution in [0, 0.1) is 17.5 Å². The van der Waals surface area contributed by atoms with Gasteiger partial charge in [-0.05, 0) is 43.7 Å². The van der Waals surface area contributed by atoms with Crippen LogP contribution in [0.25, 0.3) is 10.9 Å². The molecule has 6 nitrogen and oxygen atoms in total. The number of halogens is 4. The molecule has 1 amide bonds. The van der Waals surface area contributed by atoms with Crippen molar-refractivity contribution in [2.24, 2.45) is 0 Å². The molecule has 0 spiro atoms. The molecule has 32 heavy (non-hydrogen) atoms. The number of nitrogens with zero attached hydrogens (tertiary/aromatic N) is 2. The van der Waals surface area contributed by atoms with E-state index in [-0.39, 0.29) is 10.7 Å². The monoisotopic (exact) mass is 485 g/mol. The topological polar surface area (TPSA) is 73.2 Å². The van der Waals surface area contributed by atoms with E-state index in [0.29, 0.717) is 41.6 Å². The van der Waals surface area contributed by atoms with Crippen LogP contribution in [0.5, 0.6) is 0 Å². The van der Waals surface area contributed by atoms with Crippen LogP contribution >= 0.6 is 23.4 Å². The summed E-state index contributed by atoms with van der Waals surface area (Å²) in [6.45, 7) is 2.24. The Morgan fingerprint density at radius 2 is 2.00 bits per heavy atom. The first-order chi connectivity index (χ1) is 15.2. The minimum Gasteiger partial charge on any atom is -0.385 e. The van der Waals surface area contributed by atoms with Gasteiger partial charge in [0.25, 0.3) is 5.56 Å². The van der Waals surface area contributed by atoms with E-state index in [0.717, 1.165) is 17.8 Å². The van der Waals surface area contributed by atoms with Crippen molar-refractivity contribution < 1.29 is 22.7 Å². The third-order valence-electron chi connectivity index (χ3n) is 4.56. The van der Waals surface area contributed by atoms with Crippen LogP contribution in [-0.4, -0.2) is 34.4 Å². The maximum absolute atomic E-state index is 13.9. The lowest BCUT2D eigenvalue weighted by Gasteiger charge is -2.17. The molecule has 1 atom stereocenters. The van der Waals surface area contributed by atoms with E-state index in [1.807, 2.05) is 0 Å². The predicted octanol–water partition coefficient (Wildman–Crippen LogP) is 4.62. The summed E-state index contributed by atoms with van der Waals surface area (Å²) >= 11 is 6.99. The molecule has 0 aliphatic heterocycles. The second kappa shape index (κ2) is 10.4.